The normalized spacial score (nSPS) is 9.55. The number of aryl methyl sites for hydroxylation is 1. The van der Waals surface area contributed by atoms with E-state index in [-0.39, 0.29) is 30.7 Å². The molecule has 0 aliphatic carbocycles. The van der Waals surface area contributed by atoms with Gasteiger partial charge in [0.15, 0.2) is 5.82 Å². The monoisotopic (exact) mass is 345 g/mol. The van der Waals surface area contributed by atoms with Crippen LogP contribution in [0.2, 0.25) is 0 Å². The van der Waals surface area contributed by atoms with E-state index < -0.39 is 0 Å². The molecule has 22 heavy (non-hydrogen) atoms. The Morgan fingerprint density at radius 1 is 1.27 bits per heavy atom. The zero-order valence-electron chi connectivity index (χ0n) is 12.6. The number of anilines is 1. The highest BCUT2D eigenvalue weighted by molar-refractivity contribution is 5.92. The summed E-state index contributed by atoms with van der Waals surface area (Å²) >= 11 is 0. The van der Waals surface area contributed by atoms with E-state index in [4.69, 9.17) is 0 Å². The van der Waals surface area contributed by atoms with Gasteiger partial charge in [0, 0.05) is 25.0 Å². The molecule has 0 atom stereocenters. The Balaban J connectivity index is 0.00000220. The summed E-state index contributed by atoms with van der Waals surface area (Å²) in [6, 6.07) is 3.65. The van der Waals surface area contributed by atoms with Crippen molar-refractivity contribution in [3.63, 3.8) is 0 Å². The van der Waals surface area contributed by atoms with Crippen molar-refractivity contribution in [2.45, 2.75) is 19.8 Å². The van der Waals surface area contributed by atoms with Crippen LogP contribution in [-0.2, 0) is 4.79 Å². The lowest BCUT2D eigenvalue weighted by Gasteiger charge is -2.11. The molecule has 8 heteroatoms. The molecule has 0 aromatic carbocycles. The maximum absolute atomic E-state index is 11.9. The van der Waals surface area contributed by atoms with Crippen LogP contribution in [-0.4, -0.2) is 34.0 Å². The number of carbonyl (C=O) groups excluding carboxylic acids is 1. The Morgan fingerprint density at radius 2 is 2.05 bits per heavy atom. The number of rotatable bonds is 6. The quantitative estimate of drug-likeness (QED) is 0.788. The predicted octanol–water partition coefficient (Wildman–Crippen LogP) is 2.36. The van der Waals surface area contributed by atoms with Gasteiger partial charge in [-0.3, -0.25) is 9.36 Å². The number of hydrogen-bond donors (Lipinski definition) is 2. The van der Waals surface area contributed by atoms with E-state index in [1.807, 2.05) is 30.8 Å². The summed E-state index contributed by atoms with van der Waals surface area (Å²) in [5.74, 6) is 1.51. The smallest absolute Gasteiger partial charge is 0.224 e. The molecule has 6 nitrogen and oxygen atoms in total. The number of halogens is 2. The number of amides is 1. The second kappa shape index (κ2) is 10.2. The Bertz CT molecular complexity index is 588. The highest BCUT2D eigenvalue weighted by Gasteiger charge is 2.10. The molecule has 0 aliphatic rings. The summed E-state index contributed by atoms with van der Waals surface area (Å²) in [5, 5.41) is 5.93. The van der Waals surface area contributed by atoms with Gasteiger partial charge in [-0.2, -0.15) is 0 Å². The van der Waals surface area contributed by atoms with Gasteiger partial charge < -0.3 is 10.6 Å². The number of pyridine rings is 1. The van der Waals surface area contributed by atoms with E-state index in [9.17, 15) is 4.79 Å². The van der Waals surface area contributed by atoms with Crippen molar-refractivity contribution in [2.75, 3.05) is 18.9 Å². The molecule has 0 aliphatic heterocycles. The number of nitrogens with one attached hydrogen (secondary N) is 2. The van der Waals surface area contributed by atoms with Gasteiger partial charge in [-0.25, -0.2) is 9.97 Å². The predicted molar refractivity (Wildman–Crippen MR) is 92.4 cm³/mol. The van der Waals surface area contributed by atoms with Gasteiger partial charge in [0.1, 0.15) is 5.82 Å². The average molecular weight is 346 g/mol. The van der Waals surface area contributed by atoms with Crippen molar-refractivity contribution in [2.24, 2.45) is 0 Å². The largest absolute Gasteiger partial charge is 0.323 e. The number of aromatic nitrogens is 3. The van der Waals surface area contributed by atoms with E-state index in [1.165, 1.54) is 0 Å². The molecule has 2 aromatic heterocycles. The van der Waals surface area contributed by atoms with Gasteiger partial charge in [0.2, 0.25) is 5.91 Å². The van der Waals surface area contributed by atoms with Crippen LogP contribution in [0.5, 0.6) is 0 Å². The molecule has 2 N–H and O–H groups in total. The third kappa shape index (κ3) is 5.29. The van der Waals surface area contributed by atoms with Crippen LogP contribution in [0.1, 0.15) is 18.7 Å². The standard InChI is InChI=1S/C14H19N5O.2ClH/c1-11-16-9-10-19(11)14-12(5-3-8-17-14)18-13(20)6-4-7-15-2;;/h3,5,8-10,15H,4,6-7H2,1-2H3,(H,18,20);2*1H. The first-order chi connectivity index (χ1) is 9.72. The second-order valence-electron chi connectivity index (χ2n) is 4.47. The van der Waals surface area contributed by atoms with Gasteiger partial charge in [-0.1, -0.05) is 0 Å². The number of carbonyl (C=O) groups is 1. The minimum atomic E-state index is -0.00716. The van der Waals surface area contributed by atoms with Crippen LogP contribution in [0, 0.1) is 6.92 Å². The van der Waals surface area contributed by atoms with Gasteiger partial charge >= 0.3 is 0 Å². The first kappa shape index (κ1) is 20.4. The minimum Gasteiger partial charge on any atom is -0.323 e. The fraction of sp³-hybridized carbons (Fsp3) is 0.357. The van der Waals surface area contributed by atoms with Crippen LogP contribution in [0.25, 0.3) is 5.82 Å². The van der Waals surface area contributed by atoms with E-state index in [1.54, 1.807) is 18.5 Å². The molecule has 0 fully saturated rings. The summed E-state index contributed by atoms with van der Waals surface area (Å²) in [6.45, 7) is 2.72. The molecule has 2 aromatic rings. The van der Waals surface area contributed by atoms with E-state index >= 15 is 0 Å². The summed E-state index contributed by atoms with van der Waals surface area (Å²) in [4.78, 5) is 20.4. The zero-order chi connectivity index (χ0) is 14.4. The van der Waals surface area contributed by atoms with Crippen LogP contribution < -0.4 is 10.6 Å². The van der Waals surface area contributed by atoms with Crippen molar-refractivity contribution in [1.29, 1.82) is 0 Å². The molecule has 2 heterocycles. The zero-order valence-corrected chi connectivity index (χ0v) is 14.2. The molecule has 0 unspecified atom stereocenters. The fourth-order valence-electron chi connectivity index (χ4n) is 1.93. The third-order valence-electron chi connectivity index (χ3n) is 2.95. The maximum Gasteiger partial charge on any atom is 0.224 e. The summed E-state index contributed by atoms with van der Waals surface area (Å²) in [6.07, 6.45) is 6.53. The molecule has 0 radical (unpaired) electrons. The number of nitrogens with zero attached hydrogens (tertiary/aromatic N) is 3. The highest BCUT2D eigenvalue weighted by Crippen LogP contribution is 2.18. The molecular weight excluding hydrogens is 325 g/mol. The van der Waals surface area contributed by atoms with Crippen LogP contribution >= 0.6 is 24.8 Å². The summed E-state index contributed by atoms with van der Waals surface area (Å²) < 4.78 is 1.85. The van der Waals surface area contributed by atoms with E-state index in [2.05, 4.69) is 20.6 Å². The first-order valence-electron chi connectivity index (χ1n) is 6.62. The lowest BCUT2D eigenvalue weighted by atomic mass is 10.3. The highest BCUT2D eigenvalue weighted by atomic mass is 35.5. The molecule has 2 rings (SSSR count). The van der Waals surface area contributed by atoms with Gasteiger partial charge in [0.05, 0.1) is 5.69 Å². The Morgan fingerprint density at radius 3 is 2.68 bits per heavy atom. The molecule has 0 saturated heterocycles. The lowest BCUT2D eigenvalue weighted by Crippen LogP contribution is -2.16. The average Bonchev–Trinajstić information content (AvgIpc) is 2.86. The van der Waals surface area contributed by atoms with E-state index in [0.29, 0.717) is 17.9 Å². The number of hydrogen-bond acceptors (Lipinski definition) is 4. The van der Waals surface area contributed by atoms with Gasteiger partial charge in [-0.15, -0.1) is 24.8 Å². The topological polar surface area (TPSA) is 71.8 Å². The Labute approximate surface area is 142 Å². The summed E-state index contributed by atoms with van der Waals surface area (Å²) in [5.41, 5.74) is 0.697. The van der Waals surface area contributed by atoms with Gasteiger partial charge in [-0.05, 0) is 39.1 Å². The molecule has 0 spiro atoms. The van der Waals surface area contributed by atoms with Crippen molar-refractivity contribution >= 4 is 36.4 Å². The van der Waals surface area contributed by atoms with Gasteiger partial charge in [0.25, 0.3) is 0 Å². The Kier molecular flexibility index (Phi) is 9.40. The van der Waals surface area contributed by atoms with E-state index in [0.717, 1.165) is 18.8 Å². The minimum absolute atomic E-state index is 0. The SMILES string of the molecule is CNCCCC(=O)Nc1cccnc1-n1ccnc1C.Cl.Cl. The third-order valence-corrected chi connectivity index (χ3v) is 2.95. The Hall–Kier alpha value is -1.63. The molecule has 0 saturated carbocycles. The van der Waals surface area contributed by atoms with Crippen LogP contribution in [0.15, 0.2) is 30.7 Å². The lowest BCUT2D eigenvalue weighted by molar-refractivity contribution is -0.116. The van der Waals surface area contributed by atoms with Crippen molar-refractivity contribution in [1.82, 2.24) is 19.9 Å². The molecule has 1 amide bonds. The first-order valence-corrected chi connectivity index (χ1v) is 6.62. The summed E-state index contributed by atoms with van der Waals surface area (Å²) in [7, 11) is 1.87. The molecule has 0 bridgehead atoms. The second-order valence-corrected chi connectivity index (χ2v) is 4.47. The molecular formula is C14H21Cl2N5O. The van der Waals surface area contributed by atoms with Crippen molar-refractivity contribution < 1.29 is 4.79 Å². The van der Waals surface area contributed by atoms with Crippen molar-refractivity contribution in [3.8, 4) is 5.82 Å². The fourth-order valence-corrected chi connectivity index (χ4v) is 1.93. The molecule has 122 valence electrons. The van der Waals surface area contributed by atoms with Crippen LogP contribution in [0.4, 0.5) is 5.69 Å². The maximum atomic E-state index is 11.9. The number of imidazole rings is 1. The van der Waals surface area contributed by atoms with Crippen molar-refractivity contribution in [3.05, 3.63) is 36.5 Å². The van der Waals surface area contributed by atoms with Crippen LogP contribution in [0.3, 0.4) is 0 Å².